The minimum Gasteiger partial charge on any atom is -0.508 e. The van der Waals surface area contributed by atoms with E-state index >= 15 is 0 Å². The smallest absolute Gasteiger partial charge is 0.159 e. The highest BCUT2D eigenvalue weighted by Crippen LogP contribution is 2.19. The van der Waals surface area contributed by atoms with E-state index in [1.807, 2.05) is 6.07 Å². The third-order valence-corrected chi connectivity index (χ3v) is 2.62. The molecule has 0 amide bonds. The van der Waals surface area contributed by atoms with Crippen molar-refractivity contribution in [3.8, 4) is 17.1 Å². The molecule has 100 valence electrons. The Morgan fingerprint density at radius 3 is 2.74 bits per heavy atom. The number of ether oxygens (including phenoxy) is 1. The van der Waals surface area contributed by atoms with E-state index in [9.17, 15) is 5.11 Å². The van der Waals surface area contributed by atoms with E-state index < -0.39 is 0 Å². The van der Waals surface area contributed by atoms with Crippen molar-refractivity contribution in [1.82, 2.24) is 15.3 Å². The van der Waals surface area contributed by atoms with Crippen LogP contribution in [0.15, 0.2) is 36.7 Å². The molecule has 0 bridgehead atoms. The Balaban J connectivity index is 1.98. The Hall–Kier alpha value is -1.98. The number of benzene rings is 1. The second kappa shape index (κ2) is 6.82. The molecule has 5 nitrogen and oxygen atoms in total. The molecule has 1 aromatic heterocycles. The van der Waals surface area contributed by atoms with E-state index in [-0.39, 0.29) is 5.75 Å². The summed E-state index contributed by atoms with van der Waals surface area (Å²) >= 11 is 0. The van der Waals surface area contributed by atoms with Gasteiger partial charge in [-0.05, 0) is 12.1 Å². The normalized spacial score (nSPS) is 10.6. The molecule has 0 unspecified atom stereocenters. The molecule has 0 spiro atoms. The monoisotopic (exact) mass is 259 g/mol. The predicted molar refractivity (Wildman–Crippen MR) is 72.7 cm³/mol. The maximum absolute atomic E-state index is 9.42. The van der Waals surface area contributed by atoms with Crippen molar-refractivity contribution >= 4 is 0 Å². The number of aromatic hydroxyl groups is 1. The summed E-state index contributed by atoms with van der Waals surface area (Å²) in [4.78, 5) is 8.59. The van der Waals surface area contributed by atoms with Crippen LogP contribution in [-0.2, 0) is 11.3 Å². The lowest BCUT2D eigenvalue weighted by molar-refractivity contribution is 0.199. The molecular formula is C14H17N3O2. The molecule has 1 heterocycles. The van der Waals surface area contributed by atoms with Gasteiger partial charge in [-0.3, -0.25) is 0 Å². The van der Waals surface area contributed by atoms with Crippen LogP contribution in [0, 0.1) is 0 Å². The van der Waals surface area contributed by atoms with Gasteiger partial charge < -0.3 is 15.2 Å². The summed E-state index contributed by atoms with van der Waals surface area (Å²) in [5, 5.41) is 12.6. The summed E-state index contributed by atoms with van der Waals surface area (Å²) in [6, 6.07) is 6.91. The molecule has 0 atom stereocenters. The Morgan fingerprint density at radius 1 is 1.26 bits per heavy atom. The number of hydrogen-bond acceptors (Lipinski definition) is 5. The maximum atomic E-state index is 9.42. The zero-order valence-corrected chi connectivity index (χ0v) is 10.8. The molecule has 0 aliphatic carbocycles. The third-order valence-electron chi connectivity index (χ3n) is 2.62. The molecule has 0 radical (unpaired) electrons. The zero-order chi connectivity index (χ0) is 13.5. The lowest BCUT2D eigenvalue weighted by Crippen LogP contribution is -2.18. The average Bonchev–Trinajstić information content (AvgIpc) is 2.44. The number of hydrogen-bond donors (Lipinski definition) is 2. The summed E-state index contributed by atoms with van der Waals surface area (Å²) in [5.41, 5.74) is 1.82. The van der Waals surface area contributed by atoms with Gasteiger partial charge in [0.1, 0.15) is 5.75 Å². The standard InChI is InChI=1S/C14H17N3O2/c1-19-6-5-15-8-11-9-16-14(17-10-11)12-3-2-4-13(18)7-12/h2-4,7,9-10,15,18H,5-6,8H2,1H3. The van der Waals surface area contributed by atoms with Crippen LogP contribution in [0.4, 0.5) is 0 Å². The lowest BCUT2D eigenvalue weighted by Gasteiger charge is -2.05. The van der Waals surface area contributed by atoms with E-state index in [1.165, 1.54) is 0 Å². The highest BCUT2D eigenvalue weighted by atomic mass is 16.5. The summed E-state index contributed by atoms with van der Waals surface area (Å²) in [7, 11) is 1.68. The molecule has 0 aliphatic heterocycles. The average molecular weight is 259 g/mol. The van der Waals surface area contributed by atoms with Gasteiger partial charge in [0, 0.05) is 43.7 Å². The summed E-state index contributed by atoms with van der Waals surface area (Å²) < 4.78 is 4.95. The van der Waals surface area contributed by atoms with Crippen LogP contribution in [0.2, 0.25) is 0 Å². The molecule has 0 saturated carbocycles. The lowest BCUT2D eigenvalue weighted by atomic mass is 10.2. The van der Waals surface area contributed by atoms with Crippen LogP contribution < -0.4 is 5.32 Å². The van der Waals surface area contributed by atoms with Crippen molar-refractivity contribution in [3.05, 3.63) is 42.2 Å². The summed E-state index contributed by atoms with van der Waals surface area (Å²) in [6.07, 6.45) is 3.57. The number of nitrogens with zero attached hydrogens (tertiary/aromatic N) is 2. The van der Waals surface area contributed by atoms with Gasteiger partial charge in [0.25, 0.3) is 0 Å². The topological polar surface area (TPSA) is 67.3 Å². The number of phenols is 1. The first kappa shape index (κ1) is 13.5. The van der Waals surface area contributed by atoms with Crippen molar-refractivity contribution in [2.75, 3.05) is 20.3 Å². The SMILES string of the molecule is COCCNCc1cnc(-c2cccc(O)c2)nc1. The minimum absolute atomic E-state index is 0.214. The van der Waals surface area contributed by atoms with Gasteiger partial charge >= 0.3 is 0 Å². The van der Waals surface area contributed by atoms with Gasteiger partial charge in [-0.2, -0.15) is 0 Å². The van der Waals surface area contributed by atoms with E-state index in [1.54, 1.807) is 37.7 Å². The van der Waals surface area contributed by atoms with E-state index in [4.69, 9.17) is 4.74 Å². The van der Waals surface area contributed by atoms with E-state index in [0.29, 0.717) is 19.0 Å². The van der Waals surface area contributed by atoms with Crippen molar-refractivity contribution in [1.29, 1.82) is 0 Å². The Labute approximate surface area is 112 Å². The second-order valence-electron chi connectivity index (χ2n) is 4.13. The van der Waals surface area contributed by atoms with Crippen molar-refractivity contribution in [2.24, 2.45) is 0 Å². The molecule has 2 rings (SSSR count). The third kappa shape index (κ3) is 4.01. The first-order chi connectivity index (χ1) is 9.29. The fraction of sp³-hybridized carbons (Fsp3) is 0.286. The fourth-order valence-electron chi connectivity index (χ4n) is 1.65. The highest BCUT2D eigenvalue weighted by Gasteiger charge is 2.02. The first-order valence-corrected chi connectivity index (χ1v) is 6.09. The molecule has 0 aliphatic rings. The molecule has 0 fully saturated rings. The highest BCUT2D eigenvalue weighted by molar-refractivity contribution is 5.56. The van der Waals surface area contributed by atoms with Gasteiger partial charge in [-0.1, -0.05) is 12.1 Å². The van der Waals surface area contributed by atoms with Crippen molar-refractivity contribution in [2.45, 2.75) is 6.54 Å². The Kier molecular flexibility index (Phi) is 4.83. The molecule has 19 heavy (non-hydrogen) atoms. The quantitative estimate of drug-likeness (QED) is 0.771. The predicted octanol–water partition coefficient (Wildman–Crippen LogP) is 1.59. The van der Waals surface area contributed by atoms with Crippen LogP contribution in [0.3, 0.4) is 0 Å². The molecule has 2 N–H and O–H groups in total. The number of nitrogens with one attached hydrogen (secondary N) is 1. The van der Waals surface area contributed by atoms with Gasteiger partial charge in [-0.25, -0.2) is 9.97 Å². The number of phenolic OH excluding ortho intramolecular Hbond substituents is 1. The van der Waals surface area contributed by atoms with Crippen LogP contribution >= 0.6 is 0 Å². The van der Waals surface area contributed by atoms with Gasteiger partial charge in [-0.15, -0.1) is 0 Å². The molecular weight excluding hydrogens is 242 g/mol. The van der Waals surface area contributed by atoms with Crippen molar-refractivity contribution in [3.63, 3.8) is 0 Å². The summed E-state index contributed by atoms with van der Waals surface area (Å²) in [6.45, 7) is 2.19. The molecule has 0 saturated heterocycles. The van der Waals surface area contributed by atoms with Gasteiger partial charge in [0.2, 0.25) is 0 Å². The van der Waals surface area contributed by atoms with Crippen LogP contribution in [0.1, 0.15) is 5.56 Å². The molecule has 1 aromatic carbocycles. The minimum atomic E-state index is 0.214. The van der Waals surface area contributed by atoms with E-state index in [0.717, 1.165) is 17.7 Å². The largest absolute Gasteiger partial charge is 0.508 e. The van der Waals surface area contributed by atoms with Crippen LogP contribution in [0.25, 0.3) is 11.4 Å². The molecule has 2 aromatic rings. The van der Waals surface area contributed by atoms with Crippen LogP contribution in [-0.4, -0.2) is 35.3 Å². The van der Waals surface area contributed by atoms with Gasteiger partial charge in [0.05, 0.1) is 6.61 Å². The number of rotatable bonds is 6. The van der Waals surface area contributed by atoms with Crippen molar-refractivity contribution < 1.29 is 9.84 Å². The van der Waals surface area contributed by atoms with E-state index in [2.05, 4.69) is 15.3 Å². The second-order valence-corrected chi connectivity index (χ2v) is 4.13. The molecule has 5 heteroatoms. The maximum Gasteiger partial charge on any atom is 0.159 e. The Morgan fingerprint density at radius 2 is 2.05 bits per heavy atom. The first-order valence-electron chi connectivity index (χ1n) is 6.09. The number of methoxy groups -OCH3 is 1. The zero-order valence-electron chi connectivity index (χ0n) is 10.8. The Bertz CT molecular complexity index is 514. The summed E-state index contributed by atoms with van der Waals surface area (Å²) in [5.74, 6) is 0.822. The number of aromatic nitrogens is 2. The fourth-order valence-corrected chi connectivity index (χ4v) is 1.65. The van der Waals surface area contributed by atoms with Crippen LogP contribution in [0.5, 0.6) is 5.75 Å². The van der Waals surface area contributed by atoms with Gasteiger partial charge in [0.15, 0.2) is 5.82 Å².